The normalized spacial score (nSPS) is 15.6. The van der Waals surface area contributed by atoms with Crippen molar-refractivity contribution in [2.24, 2.45) is 5.92 Å². The van der Waals surface area contributed by atoms with E-state index in [4.69, 9.17) is 9.47 Å². The molecule has 2 atom stereocenters. The predicted octanol–water partition coefficient (Wildman–Crippen LogP) is 5.67. The summed E-state index contributed by atoms with van der Waals surface area (Å²) >= 11 is 1.35. The van der Waals surface area contributed by atoms with Crippen molar-refractivity contribution in [2.75, 3.05) is 26.8 Å². The number of ether oxygens (including phenoxy) is 2. The fraction of sp³-hybridized carbons (Fsp3) is 0.529. The zero-order valence-corrected chi connectivity index (χ0v) is 28.1. The van der Waals surface area contributed by atoms with Crippen molar-refractivity contribution in [2.45, 2.75) is 84.9 Å². The van der Waals surface area contributed by atoms with Gasteiger partial charge in [0.15, 0.2) is 0 Å². The van der Waals surface area contributed by atoms with Gasteiger partial charge in [0.1, 0.15) is 27.2 Å². The zero-order valence-electron chi connectivity index (χ0n) is 27.2. The van der Waals surface area contributed by atoms with Crippen LogP contribution in [0.15, 0.2) is 52.3 Å². The summed E-state index contributed by atoms with van der Waals surface area (Å²) in [4.78, 5) is 45.6. The molecule has 0 aliphatic carbocycles. The van der Waals surface area contributed by atoms with Gasteiger partial charge in [0, 0.05) is 36.6 Å². The third-order valence-electron chi connectivity index (χ3n) is 9.46. The van der Waals surface area contributed by atoms with Gasteiger partial charge >= 0.3 is 5.69 Å². The Hall–Kier alpha value is -3.70. The lowest BCUT2D eigenvalue weighted by atomic mass is 9.96. The quantitative estimate of drug-likeness (QED) is 0.188. The molecule has 1 fully saturated rings. The van der Waals surface area contributed by atoms with Gasteiger partial charge in [0.2, 0.25) is 5.91 Å². The van der Waals surface area contributed by atoms with E-state index in [0.29, 0.717) is 53.6 Å². The Bertz CT molecular complexity index is 1750. The Kier molecular flexibility index (Phi) is 9.98. The topological polar surface area (TPSA) is 101 Å². The minimum absolute atomic E-state index is 0.131. The van der Waals surface area contributed by atoms with Crippen LogP contribution in [0, 0.1) is 12.8 Å². The largest absolute Gasteiger partial charge is 0.496 e. The molecule has 10 nitrogen and oxygen atoms in total. The molecule has 0 N–H and O–H groups in total. The Balaban J connectivity index is 1.76. The van der Waals surface area contributed by atoms with E-state index in [1.807, 2.05) is 50.4 Å². The van der Waals surface area contributed by atoms with Crippen molar-refractivity contribution in [1.82, 2.24) is 23.8 Å². The summed E-state index contributed by atoms with van der Waals surface area (Å²) in [6, 6.07) is 9.49. The number of methoxy groups -OCH3 is 1. The van der Waals surface area contributed by atoms with E-state index in [0.717, 1.165) is 36.2 Å². The number of carbonyl (C=O) groups is 1. The van der Waals surface area contributed by atoms with E-state index in [2.05, 4.69) is 18.9 Å². The number of hydrogen-bond donors (Lipinski definition) is 0. The summed E-state index contributed by atoms with van der Waals surface area (Å²) in [7, 11) is 1.62. The van der Waals surface area contributed by atoms with Crippen molar-refractivity contribution in [3.05, 3.63) is 74.7 Å². The molecule has 0 saturated carbocycles. The molecule has 3 aromatic heterocycles. The summed E-state index contributed by atoms with van der Waals surface area (Å²) in [5, 5.41) is 5.58. The third-order valence-corrected chi connectivity index (χ3v) is 10.8. The SMILES string of the molecule is CCC(CC)CO[C@@H](Cn1c(=O)n(C(C)(CC)C(=O)N2CCCC2)c(=O)c2c(C)c(-n3cccn3)sc21)c1ccccc1OC. The van der Waals surface area contributed by atoms with Crippen molar-refractivity contribution in [3.63, 3.8) is 0 Å². The minimum atomic E-state index is -1.36. The number of aromatic nitrogens is 4. The summed E-state index contributed by atoms with van der Waals surface area (Å²) < 4.78 is 16.9. The van der Waals surface area contributed by atoms with E-state index < -0.39 is 22.9 Å². The first kappa shape index (κ1) is 32.7. The molecule has 1 aliphatic rings. The van der Waals surface area contributed by atoms with E-state index in [-0.39, 0.29) is 12.5 Å². The Labute approximate surface area is 268 Å². The molecule has 5 rings (SSSR count). The van der Waals surface area contributed by atoms with Crippen LogP contribution in [-0.4, -0.2) is 56.5 Å². The van der Waals surface area contributed by atoms with Crippen LogP contribution >= 0.6 is 11.3 Å². The zero-order chi connectivity index (χ0) is 32.3. The fourth-order valence-electron chi connectivity index (χ4n) is 6.32. The highest BCUT2D eigenvalue weighted by Crippen LogP contribution is 2.35. The highest BCUT2D eigenvalue weighted by molar-refractivity contribution is 7.21. The molecule has 11 heteroatoms. The van der Waals surface area contributed by atoms with Crippen LogP contribution in [0.4, 0.5) is 0 Å². The second-order valence-corrected chi connectivity index (χ2v) is 13.0. The number of thiophene rings is 1. The number of para-hydroxylation sites is 1. The highest BCUT2D eigenvalue weighted by Gasteiger charge is 2.41. The molecule has 1 saturated heterocycles. The molecule has 1 unspecified atom stereocenters. The first-order valence-corrected chi connectivity index (χ1v) is 16.8. The Morgan fingerprint density at radius 1 is 1.09 bits per heavy atom. The highest BCUT2D eigenvalue weighted by atomic mass is 32.1. The minimum Gasteiger partial charge on any atom is -0.496 e. The van der Waals surface area contributed by atoms with Crippen LogP contribution in [0.2, 0.25) is 0 Å². The number of amides is 1. The lowest BCUT2D eigenvalue weighted by Crippen LogP contribution is -2.57. The van der Waals surface area contributed by atoms with Gasteiger partial charge in [0.05, 0.1) is 25.6 Å². The molecule has 0 spiro atoms. The molecule has 45 heavy (non-hydrogen) atoms. The van der Waals surface area contributed by atoms with Crippen LogP contribution < -0.4 is 16.0 Å². The number of fused-ring (bicyclic) bond motifs is 1. The molecular weight excluding hydrogens is 590 g/mol. The van der Waals surface area contributed by atoms with Crippen LogP contribution in [0.1, 0.15) is 77.0 Å². The first-order valence-electron chi connectivity index (χ1n) is 16.0. The number of benzene rings is 1. The van der Waals surface area contributed by atoms with Gasteiger partial charge in [-0.15, -0.1) is 0 Å². The number of hydrogen-bond acceptors (Lipinski definition) is 7. The number of carbonyl (C=O) groups excluding carboxylic acids is 1. The van der Waals surface area contributed by atoms with Crippen molar-refractivity contribution in [1.29, 1.82) is 0 Å². The van der Waals surface area contributed by atoms with Crippen molar-refractivity contribution >= 4 is 27.5 Å². The number of likely N-dealkylation sites (tertiary alicyclic amines) is 1. The van der Waals surface area contributed by atoms with E-state index in [1.54, 1.807) is 34.4 Å². The molecule has 1 amide bonds. The van der Waals surface area contributed by atoms with Crippen LogP contribution in [-0.2, 0) is 21.6 Å². The fourth-order valence-corrected chi connectivity index (χ4v) is 7.57. The van der Waals surface area contributed by atoms with Crippen LogP contribution in [0.3, 0.4) is 0 Å². The molecule has 4 heterocycles. The maximum atomic E-state index is 14.8. The smallest absolute Gasteiger partial charge is 0.333 e. The summed E-state index contributed by atoms with van der Waals surface area (Å²) in [6.07, 6.45) is 7.00. The summed E-state index contributed by atoms with van der Waals surface area (Å²) in [6.45, 7) is 11.7. The first-order chi connectivity index (χ1) is 21.7. The van der Waals surface area contributed by atoms with Gasteiger partial charge in [-0.05, 0) is 51.2 Å². The van der Waals surface area contributed by atoms with Crippen LogP contribution in [0.5, 0.6) is 5.75 Å². The molecule has 1 aromatic carbocycles. The molecular formula is C34H45N5O5S. The van der Waals surface area contributed by atoms with E-state index in [9.17, 15) is 14.4 Å². The molecule has 4 aromatic rings. The predicted molar refractivity (Wildman–Crippen MR) is 178 cm³/mol. The number of nitrogens with zero attached hydrogens (tertiary/aromatic N) is 5. The average molecular weight is 636 g/mol. The molecule has 1 aliphatic heterocycles. The van der Waals surface area contributed by atoms with Gasteiger partial charge in [-0.1, -0.05) is 63.1 Å². The lowest BCUT2D eigenvalue weighted by Gasteiger charge is -2.33. The second-order valence-electron chi connectivity index (χ2n) is 12.1. The van der Waals surface area contributed by atoms with Crippen LogP contribution in [0.25, 0.3) is 15.2 Å². The van der Waals surface area contributed by atoms with Crippen molar-refractivity contribution < 1.29 is 14.3 Å². The third kappa shape index (κ3) is 6.00. The monoisotopic (exact) mass is 635 g/mol. The van der Waals surface area contributed by atoms with Crippen molar-refractivity contribution in [3.8, 4) is 10.8 Å². The summed E-state index contributed by atoms with van der Waals surface area (Å²) in [5.74, 6) is 0.815. The Morgan fingerprint density at radius 2 is 1.80 bits per heavy atom. The number of rotatable bonds is 13. The average Bonchev–Trinajstić information content (AvgIpc) is 3.84. The summed E-state index contributed by atoms with van der Waals surface area (Å²) in [5.41, 5.74) is -0.808. The molecule has 0 radical (unpaired) electrons. The maximum Gasteiger partial charge on any atom is 0.333 e. The number of aryl methyl sites for hydroxylation is 1. The van der Waals surface area contributed by atoms with Gasteiger partial charge in [0.25, 0.3) is 5.56 Å². The van der Waals surface area contributed by atoms with Gasteiger partial charge in [-0.2, -0.15) is 5.10 Å². The standard InChI is InChI=1S/C34H45N5O5S/c1-7-24(8-2)22-44-27(25-15-10-11-16-26(25)43-6)21-37-31-28(23(4)30(45-31)38-20-14-17-35-38)29(40)39(33(37)42)34(5,9-3)32(41)36-18-12-13-19-36/h10-11,14-17,20,24,27H,7-9,12-13,18-19,21-22H2,1-6H3/t27-,34?/m0/s1. The van der Waals surface area contributed by atoms with Gasteiger partial charge < -0.3 is 14.4 Å². The molecule has 242 valence electrons. The van der Waals surface area contributed by atoms with E-state index >= 15 is 0 Å². The molecule has 0 bridgehead atoms. The Morgan fingerprint density at radius 3 is 2.42 bits per heavy atom. The van der Waals surface area contributed by atoms with Gasteiger partial charge in [-0.3, -0.25) is 14.2 Å². The van der Waals surface area contributed by atoms with E-state index in [1.165, 1.54) is 15.9 Å². The lowest BCUT2D eigenvalue weighted by molar-refractivity contribution is -0.139. The maximum absolute atomic E-state index is 14.8. The van der Waals surface area contributed by atoms with Gasteiger partial charge in [-0.25, -0.2) is 14.0 Å². The second kappa shape index (κ2) is 13.7.